The van der Waals surface area contributed by atoms with Crippen LogP contribution in [0.3, 0.4) is 0 Å². The average Bonchev–Trinajstić information content (AvgIpc) is 2.20. The van der Waals surface area contributed by atoms with Crippen LogP contribution in [0.5, 0.6) is 0 Å². The zero-order valence-electron chi connectivity index (χ0n) is 8.03. The van der Waals surface area contributed by atoms with Crippen molar-refractivity contribution >= 4 is 6.21 Å². The number of aliphatic imine (C=N–C) groups is 1. The summed E-state index contributed by atoms with van der Waals surface area (Å²) in [5, 5.41) is 0. The van der Waals surface area contributed by atoms with E-state index in [1.165, 1.54) is 18.4 Å². The molecule has 2 aliphatic rings. The van der Waals surface area contributed by atoms with Crippen molar-refractivity contribution in [3.63, 3.8) is 0 Å². The van der Waals surface area contributed by atoms with Gasteiger partial charge >= 0.3 is 0 Å². The molecule has 0 saturated heterocycles. The summed E-state index contributed by atoms with van der Waals surface area (Å²) >= 11 is 0. The van der Waals surface area contributed by atoms with Crippen molar-refractivity contribution < 1.29 is 0 Å². The molecule has 1 heteroatoms. The maximum absolute atomic E-state index is 4.19. The predicted octanol–water partition coefficient (Wildman–Crippen LogP) is 3.26. The number of rotatable bonds is 1. The summed E-state index contributed by atoms with van der Waals surface area (Å²) < 4.78 is 0. The molecule has 1 heterocycles. The van der Waals surface area contributed by atoms with Gasteiger partial charge in [-0.25, -0.2) is 0 Å². The molecule has 0 aromatic carbocycles. The highest BCUT2D eigenvalue weighted by atomic mass is 14.7. The fourth-order valence-electron chi connectivity index (χ4n) is 1.80. The molecule has 0 amide bonds. The van der Waals surface area contributed by atoms with Crippen LogP contribution in [0.25, 0.3) is 0 Å². The summed E-state index contributed by atoms with van der Waals surface area (Å²) in [6.07, 6.45) is 14.2. The van der Waals surface area contributed by atoms with Crippen molar-refractivity contribution in [3.05, 3.63) is 35.6 Å². The SMILES string of the molecule is CC1=CC=C(C2C=NC=CC2)CC1. The Morgan fingerprint density at radius 3 is 2.85 bits per heavy atom. The second-order valence-corrected chi connectivity index (χ2v) is 3.78. The van der Waals surface area contributed by atoms with Gasteiger partial charge < -0.3 is 0 Å². The zero-order chi connectivity index (χ0) is 9.10. The number of hydrogen-bond acceptors (Lipinski definition) is 1. The lowest BCUT2D eigenvalue weighted by Crippen LogP contribution is -2.08. The zero-order valence-corrected chi connectivity index (χ0v) is 8.03. The molecule has 0 saturated carbocycles. The Labute approximate surface area is 79.6 Å². The molecule has 1 atom stereocenters. The van der Waals surface area contributed by atoms with Crippen LogP contribution in [-0.2, 0) is 0 Å². The summed E-state index contributed by atoms with van der Waals surface area (Å²) in [6.45, 7) is 2.20. The highest BCUT2D eigenvalue weighted by Crippen LogP contribution is 2.26. The molecule has 0 spiro atoms. The predicted molar refractivity (Wildman–Crippen MR) is 56.8 cm³/mol. The van der Waals surface area contributed by atoms with Crippen molar-refractivity contribution in [1.29, 1.82) is 0 Å². The third kappa shape index (κ3) is 1.97. The number of hydrogen-bond donors (Lipinski definition) is 0. The first kappa shape index (κ1) is 8.49. The molecular formula is C12H15N. The number of allylic oxidation sites excluding steroid dienone is 5. The van der Waals surface area contributed by atoms with E-state index >= 15 is 0 Å². The molecule has 0 aromatic rings. The van der Waals surface area contributed by atoms with Crippen LogP contribution in [0.4, 0.5) is 0 Å². The Kier molecular flexibility index (Phi) is 2.44. The molecule has 1 nitrogen and oxygen atoms in total. The minimum Gasteiger partial charge on any atom is -0.269 e. The Bertz CT molecular complexity index is 305. The van der Waals surface area contributed by atoms with Crippen molar-refractivity contribution in [1.82, 2.24) is 0 Å². The van der Waals surface area contributed by atoms with Crippen molar-refractivity contribution in [3.8, 4) is 0 Å². The molecule has 0 radical (unpaired) electrons. The second kappa shape index (κ2) is 3.73. The first-order chi connectivity index (χ1) is 6.36. The minimum atomic E-state index is 0.564. The highest BCUT2D eigenvalue weighted by molar-refractivity contribution is 5.67. The lowest BCUT2D eigenvalue weighted by molar-refractivity contribution is 0.742. The molecule has 68 valence electrons. The minimum absolute atomic E-state index is 0.564. The second-order valence-electron chi connectivity index (χ2n) is 3.78. The van der Waals surface area contributed by atoms with Crippen LogP contribution in [-0.4, -0.2) is 6.21 Å². The van der Waals surface area contributed by atoms with Gasteiger partial charge in [0.2, 0.25) is 0 Å². The quantitative estimate of drug-likeness (QED) is 0.577. The van der Waals surface area contributed by atoms with Crippen LogP contribution in [0, 0.1) is 5.92 Å². The van der Waals surface area contributed by atoms with Gasteiger partial charge in [-0.05, 0) is 26.2 Å². The molecule has 2 rings (SSSR count). The van der Waals surface area contributed by atoms with E-state index in [0.29, 0.717) is 5.92 Å². The van der Waals surface area contributed by atoms with Gasteiger partial charge in [-0.15, -0.1) is 0 Å². The van der Waals surface area contributed by atoms with Crippen LogP contribution >= 0.6 is 0 Å². The van der Waals surface area contributed by atoms with E-state index in [1.807, 2.05) is 6.20 Å². The largest absolute Gasteiger partial charge is 0.269 e. The van der Waals surface area contributed by atoms with Crippen molar-refractivity contribution in [2.24, 2.45) is 10.9 Å². The number of nitrogens with zero attached hydrogens (tertiary/aromatic N) is 1. The van der Waals surface area contributed by atoms with Crippen molar-refractivity contribution in [2.75, 3.05) is 0 Å². The fraction of sp³-hybridized carbons (Fsp3) is 0.417. The first-order valence-electron chi connectivity index (χ1n) is 4.91. The van der Waals surface area contributed by atoms with E-state index in [2.05, 4.69) is 36.4 Å². The maximum Gasteiger partial charge on any atom is 0.0224 e. The van der Waals surface area contributed by atoms with Crippen LogP contribution in [0.1, 0.15) is 26.2 Å². The molecule has 0 bridgehead atoms. The molecule has 1 unspecified atom stereocenters. The fourth-order valence-corrected chi connectivity index (χ4v) is 1.80. The van der Waals surface area contributed by atoms with E-state index in [9.17, 15) is 0 Å². The van der Waals surface area contributed by atoms with E-state index in [1.54, 1.807) is 5.57 Å². The van der Waals surface area contributed by atoms with E-state index in [4.69, 9.17) is 0 Å². The summed E-state index contributed by atoms with van der Waals surface area (Å²) in [5.41, 5.74) is 3.03. The lowest BCUT2D eigenvalue weighted by Gasteiger charge is -2.19. The van der Waals surface area contributed by atoms with Gasteiger partial charge in [0.05, 0.1) is 0 Å². The van der Waals surface area contributed by atoms with E-state index in [-0.39, 0.29) is 0 Å². The maximum atomic E-state index is 4.19. The Hall–Kier alpha value is -1.11. The smallest absolute Gasteiger partial charge is 0.0224 e. The summed E-state index contributed by atoms with van der Waals surface area (Å²) in [5.74, 6) is 0.564. The third-order valence-electron chi connectivity index (χ3n) is 2.71. The van der Waals surface area contributed by atoms with Crippen LogP contribution < -0.4 is 0 Å². The van der Waals surface area contributed by atoms with Crippen LogP contribution in [0.15, 0.2) is 40.6 Å². The lowest BCUT2D eigenvalue weighted by atomic mass is 9.88. The van der Waals surface area contributed by atoms with Gasteiger partial charge in [-0.1, -0.05) is 29.4 Å². The topological polar surface area (TPSA) is 12.4 Å². The Morgan fingerprint density at radius 2 is 2.23 bits per heavy atom. The van der Waals surface area contributed by atoms with Gasteiger partial charge in [0.25, 0.3) is 0 Å². The Balaban J connectivity index is 2.09. The third-order valence-corrected chi connectivity index (χ3v) is 2.71. The van der Waals surface area contributed by atoms with Crippen molar-refractivity contribution in [2.45, 2.75) is 26.2 Å². The first-order valence-corrected chi connectivity index (χ1v) is 4.91. The summed E-state index contributed by atoms with van der Waals surface area (Å²) in [6, 6.07) is 0. The molecular weight excluding hydrogens is 158 g/mol. The Morgan fingerprint density at radius 1 is 1.31 bits per heavy atom. The molecule has 0 fully saturated rings. The van der Waals surface area contributed by atoms with Gasteiger partial charge in [-0.3, -0.25) is 4.99 Å². The van der Waals surface area contributed by atoms with Gasteiger partial charge in [0, 0.05) is 18.3 Å². The van der Waals surface area contributed by atoms with Gasteiger partial charge in [0.1, 0.15) is 0 Å². The monoisotopic (exact) mass is 173 g/mol. The van der Waals surface area contributed by atoms with Gasteiger partial charge in [-0.2, -0.15) is 0 Å². The summed E-state index contributed by atoms with van der Waals surface area (Å²) in [4.78, 5) is 4.19. The molecule has 1 aliphatic heterocycles. The molecule has 1 aliphatic carbocycles. The van der Waals surface area contributed by atoms with E-state index < -0.39 is 0 Å². The van der Waals surface area contributed by atoms with E-state index in [0.717, 1.165) is 6.42 Å². The average molecular weight is 173 g/mol. The normalized spacial score (nSPS) is 27.0. The molecule has 0 aromatic heterocycles. The summed E-state index contributed by atoms with van der Waals surface area (Å²) in [7, 11) is 0. The highest BCUT2D eigenvalue weighted by Gasteiger charge is 2.13. The molecule has 13 heavy (non-hydrogen) atoms. The molecule has 0 N–H and O–H groups in total. The van der Waals surface area contributed by atoms with Crippen LogP contribution in [0.2, 0.25) is 0 Å². The standard InChI is InChI=1S/C12H15N/c1-10-4-6-11(7-5-10)12-3-2-8-13-9-12/h2,4,6,8-9,12H,3,5,7H2,1H3. The van der Waals surface area contributed by atoms with Gasteiger partial charge in [0.15, 0.2) is 0 Å².